The first-order valence-corrected chi connectivity index (χ1v) is 7.57. The molecule has 0 aliphatic rings. The molecule has 3 nitrogen and oxygen atoms in total. The first-order valence-electron chi connectivity index (χ1n) is 6.75. The van der Waals surface area contributed by atoms with Crippen LogP contribution >= 0.6 is 11.3 Å². The van der Waals surface area contributed by atoms with Gasteiger partial charge in [0.25, 0.3) is 0 Å². The quantitative estimate of drug-likeness (QED) is 0.873. The van der Waals surface area contributed by atoms with E-state index in [1.54, 1.807) is 11.3 Å². The Labute approximate surface area is 119 Å². The van der Waals surface area contributed by atoms with Crippen molar-refractivity contribution in [2.45, 2.75) is 26.8 Å². The zero-order chi connectivity index (χ0) is 13.7. The number of nitrogens with one attached hydrogen (secondary N) is 1. The largest absolute Gasteiger partial charge is 0.318 e. The molecule has 0 amide bonds. The number of thiazole rings is 1. The van der Waals surface area contributed by atoms with Gasteiger partial charge in [0.1, 0.15) is 0 Å². The van der Waals surface area contributed by atoms with Gasteiger partial charge in [-0.25, -0.2) is 4.98 Å². The average molecular weight is 275 g/mol. The third-order valence-electron chi connectivity index (χ3n) is 3.05. The summed E-state index contributed by atoms with van der Waals surface area (Å²) in [6.07, 6.45) is 0.986. The molecule has 0 saturated heterocycles. The summed E-state index contributed by atoms with van der Waals surface area (Å²) in [6.45, 7) is 6.15. The maximum atomic E-state index is 4.80. The molecule has 0 aliphatic carbocycles. The van der Waals surface area contributed by atoms with Crippen LogP contribution in [0.5, 0.6) is 0 Å². The SMILES string of the molecule is CCc1nc(N(CC)c2ccccc2)sc1CNC. The van der Waals surface area contributed by atoms with Crippen molar-refractivity contribution in [2.24, 2.45) is 0 Å². The van der Waals surface area contributed by atoms with Gasteiger partial charge in [-0.05, 0) is 32.5 Å². The highest BCUT2D eigenvalue weighted by Crippen LogP contribution is 2.31. The summed E-state index contributed by atoms with van der Waals surface area (Å²) >= 11 is 1.79. The van der Waals surface area contributed by atoms with Gasteiger partial charge in [0, 0.05) is 23.7 Å². The van der Waals surface area contributed by atoms with Crippen molar-refractivity contribution in [3.8, 4) is 0 Å². The van der Waals surface area contributed by atoms with Gasteiger partial charge in [-0.1, -0.05) is 36.5 Å². The number of para-hydroxylation sites is 1. The van der Waals surface area contributed by atoms with Crippen LogP contribution in [-0.2, 0) is 13.0 Å². The first-order chi connectivity index (χ1) is 9.30. The Balaban J connectivity index is 2.33. The molecule has 102 valence electrons. The molecule has 0 radical (unpaired) electrons. The third-order valence-corrected chi connectivity index (χ3v) is 4.17. The Kier molecular flexibility index (Phi) is 4.93. The van der Waals surface area contributed by atoms with Gasteiger partial charge >= 0.3 is 0 Å². The summed E-state index contributed by atoms with van der Waals surface area (Å²) in [4.78, 5) is 8.41. The lowest BCUT2D eigenvalue weighted by Crippen LogP contribution is -2.15. The van der Waals surface area contributed by atoms with Crippen LogP contribution in [0.4, 0.5) is 10.8 Å². The van der Waals surface area contributed by atoms with E-state index in [1.165, 1.54) is 16.3 Å². The first kappa shape index (κ1) is 14.0. The van der Waals surface area contributed by atoms with Gasteiger partial charge in [-0.15, -0.1) is 0 Å². The standard InChI is InChI=1S/C15H21N3S/c1-4-13-14(11-16-3)19-15(17-13)18(5-2)12-9-7-6-8-10-12/h6-10,16H,4-5,11H2,1-3H3. The number of hydrogen-bond donors (Lipinski definition) is 1. The zero-order valence-corrected chi connectivity index (χ0v) is 12.6. The van der Waals surface area contributed by atoms with E-state index in [2.05, 4.69) is 48.3 Å². The minimum Gasteiger partial charge on any atom is -0.318 e. The fraction of sp³-hybridized carbons (Fsp3) is 0.400. The highest BCUT2D eigenvalue weighted by atomic mass is 32.1. The molecule has 0 bridgehead atoms. The summed E-state index contributed by atoms with van der Waals surface area (Å²) < 4.78 is 0. The van der Waals surface area contributed by atoms with E-state index in [-0.39, 0.29) is 0 Å². The second kappa shape index (κ2) is 6.68. The smallest absolute Gasteiger partial charge is 0.190 e. The highest BCUT2D eigenvalue weighted by molar-refractivity contribution is 7.15. The van der Waals surface area contributed by atoms with Gasteiger partial charge < -0.3 is 10.2 Å². The Morgan fingerprint density at radius 2 is 1.95 bits per heavy atom. The molecule has 0 spiro atoms. The van der Waals surface area contributed by atoms with Crippen LogP contribution in [0.2, 0.25) is 0 Å². The van der Waals surface area contributed by atoms with Gasteiger partial charge in [-0.3, -0.25) is 0 Å². The average Bonchev–Trinajstić information content (AvgIpc) is 2.84. The third kappa shape index (κ3) is 3.14. The molecule has 1 heterocycles. The Hall–Kier alpha value is -1.39. The number of aryl methyl sites for hydroxylation is 1. The Morgan fingerprint density at radius 3 is 2.53 bits per heavy atom. The molecule has 0 unspecified atom stereocenters. The van der Waals surface area contributed by atoms with Crippen LogP contribution in [0.15, 0.2) is 30.3 Å². The molecule has 1 N–H and O–H groups in total. The minimum atomic E-state index is 0.896. The molecule has 0 atom stereocenters. The predicted octanol–water partition coefficient (Wildman–Crippen LogP) is 3.58. The molecule has 4 heteroatoms. The van der Waals surface area contributed by atoms with E-state index in [1.807, 2.05) is 13.1 Å². The van der Waals surface area contributed by atoms with Crippen molar-refractivity contribution < 1.29 is 0 Å². The fourth-order valence-electron chi connectivity index (χ4n) is 2.10. The van der Waals surface area contributed by atoms with E-state index in [0.717, 1.165) is 24.6 Å². The van der Waals surface area contributed by atoms with Crippen molar-refractivity contribution in [1.82, 2.24) is 10.3 Å². The molecule has 1 aromatic carbocycles. The summed E-state index contributed by atoms with van der Waals surface area (Å²) in [5.41, 5.74) is 2.42. The molecular weight excluding hydrogens is 254 g/mol. The summed E-state index contributed by atoms with van der Waals surface area (Å²) in [5.74, 6) is 0. The van der Waals surface area contributed by atoms with Crippen LogP contribution in [-0.4, -0.2) is 18.6 Å². The second-order valence-electron chi connectivity index (χ2n) is 4.33. The van der Waals surface area contributed by atoms with Gasteiger partial charge in [-0.2, -0.15) is 0 Å². The van der Waals surface area contributed by atoms with E-state index < -0.39 is 0 Å². The van der Waals surface area contributed by atoms with Crippen LogP contribution < -0.4 is 10.2 Å². The molecule has 0 aliphatic heterocycles. The van der Waals surface area contributed by atoms with Gasteiger partial charge in [0.05, 0.1) is 5.69 Å². The van der Waals surface area contributed by atoms with Crippen LogP contribution in [0.1, 0.15) is 24.4 Å². The fourth-order valence-corrected chi connectivity index (χ4v) is 3.34. The summed E-state index contributed by atoms with van der Waals surface area (Å²) in [7, 11) is 1.98. The van der Waals surface area contributed by atoms with E-state index in [4.69, 9.17) is 4.98 Å². The Morgan fingerprint density at radius 1 is 1.21 bits per heavy atom. The number of hydrogen-bond acceptors (Lipinski definition) is 4. The summed E-state index contributed by atoms with van der Waals surface area (Å²) in [5, 5.41) is 4.31. The minimum absolute atomic E-state index is 0.896. The zero-order valence-electron chi connectivity index (χ0n) is 11.8. The normalized spacial score (nSPS) is 10.7. The van der Waals surface area contributed by atoms with Gasteiger partial charge in [0.2, 0.25) is 0 Å². The van der Waals surface area contributed by atoms with Crippen LogP contribution in [0.25, 0.3) is 0 Å². The van der Waals surface area contributed by atoms with Gasteiger partial charge in [0.15, 0.2) is 5.13 Å². The number of nitrogens with zero attached hydrogens (tertiary/aromatic N) is 2. The lowest BCUT2D eigenvalue weighted by atomic mass is 10.3. The predicted molar refractivity (Wildman–Crippen MR) is 83.4 cm³/mol. The van der Waals surface area contributed by atoms with Crippen molar-refractivity contribution in [3.63, 3.8) is 0 Å². The number of anilines is 2. The monoisotopic (exact) mass is 275 g/mol. The Bertz CT molecular complexity index is 507. The molecule has 2 rings (SSSR count). The topological polar surface area (TPSA) is 28.2 Å². The van der Waals surface area contributed by atoms with E-state index >= 15 is 0 Å². The molecular formula is C15H21N3S. The lowest BCUT2D eigenvalue weighted by Gasteiger charge is -2.19. The van der Waals surface area contributed by atoms with Crippen molar-refractivity contribution in [1.29, 1.82) is 0 Å². The second-order valence-corrected chi connectivity index (χ2v) is 5.39. The van der Waals surface area contributed by atoms with Crippen LogP contribution in [0, 0.1) is 0 Å². The van der Waals surface area contributed by atoms with E-state index in [0.29, 0.717) is 0 Å². The number of rotatable bonds is 6. The van der Waals surface area contributed by atoms with Crippen molar-refractivity contribution >= 4 is 22.2 Å². The lowest BCUT2D eigenvalue weighted by molar-refractivity contribution is 0.814. The maximum Gasteiger partial charge on any atom is 0.190 e. The maximum absolute atomic E-state index is 4.80. The van der Waals surface area contributed by atoms with E-state index in [9.17, 15) is 0 Å². The molecule has 19 heavy (non-hydrogen) atoms. The van der Waals surface area contributed by atoms with Crippen LogP contribution in [0.3, 0.4) is 0 Å². The molecule has 0 saturated carbocycles. The van der Waals surface area contributed by atoms with Crippen molar-refractivity contribution in [3.05, 3.63) is 40.9 Å². The molecule has 1 aromatic heterocycles. The number of benzene rings is 1. The number of aromatic nitrogens is 1. The highest BCUT2D eigenvalue weighted by Gasteiger charge is 2.15. The van der Waals surface area contributed by atoms with Crippen molar-refractivity contribution in [2.75, 3.05) is 18.5 Å². The molecule has 2 aromatic rings. The summed E-state index contributed by atoms with van der Waals surface area (Å²) in [6, 6.07) is 10.5. The molecule has 0 fully saturated rings.